The van der Waals surface area contributed by atoms with Crippen LogP contribution in [0, 0.1) is 0 Å². The third-order valence-corrected chi connectivity index (χ3v) is 4.32. The van der Waals surface area contributed by atoms with Crippen LogP contribution in [0.3, 0.4) is 0 Å². The molecule has 0 bridgehead atoms. The van der Waals surface area contributed by atoms with Crippen molar-refractivity contribution in [2.24, 2.45) is 0 Å². The molecular weight excluding hydrogens is 434 g/mol. The second kappa shape index (κ2) is 20.3. The first-order chi connectivity index (χ1) is 11.6. The molecule has 1 rings (SSSR count). The average molecular weight is 459 g/mol. The maximum Gasteiger partial charge on any atom is 1.00 e. The van der Waals surface area contributed by atoms with E-state index in [1.54, 1.807) is 0 Å². The van der Waals surface area contributed by atoms with Gasteiger partial charge in [-0.3, -0.25) is 0 Å². The van der Waals surface area contributed by atoms with Crippen LogP contribution in [-0.2, 0) is 44.2 Å². The largest absolute Gasteiger partial charge is 1.00 e. The molecule has 0 saturated carbocycles. The van der Waals surface area contributed by atoms with Crippen LogP contribution in [0.4, 0.5) is 0 Å². The maximum absolute atomic E-state index is 5.54. The summed E-state index contributed by atoms with van der Waals surface area (Å²) in [7, 11) is 0. The molecule has 140 valence electrons. The minimum Gasteiger partial charge on any atom is -0.411 e. The molecule has 1 heterocycles. The van der Waals surface area contributed by atoms with Crippen molar-refractivity contribution in [1.82, 2.24) is 9.80 Å². The third kappa shape index (κ3) is 15.9. The number of hydrogen-bond donors (Lipinski definition) is 0. The molecule has 0 aromatic rings. The minimum atomic E-state index is 0. The van der Waals surface area contributed by atoms with Gasteiger partial charge in [0.1, 0.15) is 0 Å². The normalized spacial score (nSPS) is 19.2. The van der Waals surface area contributed by atoms with Crippen LogP contribution in [0.15, 0.2) is 0 Å². The summed E-state index contributed by atoms with van der Waals surface area (Å²) in [6, 6.07) is 0. The summed E-state index contributed by atoms with van der Waals surface area (Å²) in [5, 5.41) is 0. The quantitative estimate of drug-likeness (QED) is 0.199. The van der Waals surface area contributed by atoms with E-state index in [1.165, 1.54) is 0 Å². The topological polar surface area (TPSA) is 43.4 Å². The van der Waals surface area contributed by atoms with Crippen molar-refractivity contribution in [2.45, 2.75) is 0 Å². The molecule has 0 N–H and O–H groups in total. The standard InChI is InChI=1S/C14H26N2O4S4.2Na/c21-13(22)15-1-5-17-9-10-19-7-3-16(14(23)24)4-8-20-12-11-18-6-2-15;;/h1-12H2,(H,21,22)(H,23,24);;/q;2*+1/p-2. The summed E-state index contributed by atoms with van der Waals surface area (Å²) in [6.45, 7) is 6.90. The van der Waals surface area contributed by atoms with E-state index in [0.717, 1.165) is 0 Å². The zero-order valence-corrected chi connectivity index (χ0v) is 22.9. The fraction of sp³-hybridized carbons (Fsp3) is 0.857. The molecule has 6 nitrogen and oxygen atoms in total. The first-order valence-corrected chi connectivity index (χ1v) is 9.47. The van der Waals surface area contributed by atoms with E-state index >= 15 is 0 Å². The zero-order chi connectivity index (χ0) is 17.6. The zero-order valence-electron chi connectivity index (χ0n) is 15.6. The summed E-state index contributed by atoms with van der Waals surface area (Å²) in [6.07, 6.45) is 0. The Labute approximate surface area is 222 Å². The van der Waals surface area contributed by atoms with Gasteiger partial charge in [0.25, 0.3) is 0 Å². The third-order valence-electron chi connectivity index (χ3n) is 3.28. The Morgan fingerprint density at radius 1 is 0.538 bits per heavy atom. The van der Waals surface area contributed by atoms with Crippen molar-refractivity contribution in [1.29, 1.82) is 0 Å². The van der Waals surface area contributed by atoms with Crippen LogP contribution in [0.25, 0.3) is 0 Å². The molecule has 0 unspecified atom stereocenters. The molecule has 0 spiro atoms. The van der Waals surface area contributed by atoms with E-state index in [9.17, 15) is 0 Å². The molecule has 1 saturated heterocycles. The van der Waals surface area contributed by atoms with Gasteiger partial charge in [-0.25, -0.2) is 0 Å². The Bertz CT molecular complexity index is 333. The van der Waals surface area contributed by atoms with Gasteiger partial charge < -0.3 is 78.4 Å². The molecule has 1 aliphatic rings. The van der Waals surface area contributed by atoms with Crippen LogP contribution in [0.2, 0.25) is 0 Å². The first kappa shape index (κ1) is 30.3. The average Bonchev–Trinajstić information content (AvgIpc) is 2.54. The van der Waals surface area contributed by atoms with Gasteiger partial charge in [-0.1, -0.05) is 8.64 Å². The molecular formula is C14H24N2Na2O4S4. The number of ether oxygens (including phenoxy) is 4. The van der Waals surface area contributed by atoms with Gasteiger partial charge in [0, 0.05) is 26.2 Å². The Morgan fingerprint density at radius 2 is 0.769 bits per heavy atom. The number of thiocarbonyl (C=S) groups is 2. The van der Waals surface area contributed by atoms with Crippen molar-refractivity contribution in [3.05, 3.63) is 0 Å². The number of rotatable bonds is 0. The summed E-state index contributed by atoms with van der Waals surface area (Å²) in [5.41, 5.74) is 0. The van der Waals surface area contributed by atoms with Crippen LogP contribution < -0.4 is 59.1 Å². The SMILES string of the molecule is S=C([S-])N1CCOCCOCCN(C(=S)[S-])CCOCCOCC1.[Na+].[Na+]. The van der Waals surface area contributed by atoms with Gasteiger partial charge in [0.15, 0.2) is 0 Å². The monoisotopic (exact) mass is 458 g/mol. The van der Waals surface area contributed by atoms with Crippen LogP contribution >= 0.6 is 24.4 Å². The predicted octanol–water partition coefficient (Wildman–Crippen LogP) is -5.66. The minimum absolute atomic E-state index is 0. The van der Waals surface area contributed by atoms with E-state index in [0.29, 0.717) is 87.7 Å². The number of hydrogen-bond acceptors (Lipinski definition) is 8. The molecule has 0 aromatic heterocycles. The van der Waals surface area contributed by atoms with Gasteiger partial charge in [-0.05, 0) is 0 Å². The van der Waals surface area contributed by atoms with Gasteiger partial charge in [0.2, 0.25) is 0 Å². The van der Waals surface area contributed by atoms with Crippen LogP contribution in [0.1, 0.15) is 0 Å². The molecule has 26 heavy (non-hydrogen) atoms. The Balaban J connectivity index is 0. The van der Waals surface area contributed by atoms with E-state index in [-0.39, 0.29) is 59.1 Å². The Morgan fingerprint density at radius 3 is 0.962 bits per heavy atom. The van der Waals surface area contributed by atoms with Gasteiger partial charge >= 0.3 is 59.1 Å². The summed E-state index contributed by atoms with van der Waals surface area (Å²) in [4.78, 5) is 3.80. The number of nitrogens with zero attached hydrogens (tertiary/aromatic N) is 2. The van der Waals surface area contributed by atoms with Gasteiger partial charge in [-0.15, -0.1) is 0 Å². The second-order valence-corrected chi connectivity index (χ2v) is 7.02. The molecule has 0 radical (unpaired) electrons. The van der Waals surface area contributed by atoms with Crippen molar-refractivity contribution < 1.29 is 78.1 Å². The maximum atomic E-state index is 5.54. The molecule has 0 amide bonds. The molecule has 1 fully saturated rings. The summed E-state index contributed by atoms with van der Waals surface area (Å²) < 4.78 is 23.0. The summed E-state index contributed by atoms with van der Waals surface area (Å²) >= 11 is 20.3. The van der Waals surface area contributed by atoms with Gasteiger partial charge in [0.05, 0.1) is 52.9 Å². The molecule has 0 aliphatic carbocycles. The Hall–Kier alpha value is 2.06. The molecule has 0 aromatic carbocycles. The van der Waals surface area contributed by atoms with Crippen molar-refractivity contribution in [3.8, 4) is 0 Å². The van der Waals surface area contributed by atoms with E-state index < -0.39 is 0 Å². The second-order valence-electron chi connectivity index (χ2n) is 4.96. The fourth-order valence-corrected chi connectivity index (χ4v) is 2.66. The molecule has 0 atom stereocenters. The van der Waals surface area contributed by atoms with Crippen molar-refractivity contribution in [3.63, 3.8) is 0 Å². The van der Waals surface area contributed by atoms with E-state index in [4.69, 9.17) is 68.6 Å². The van der Waals surface area contributed by atoms with Crippen LogP contribution in [0.5, 0.6) is 0 Å². The Kier molecular flexibility index (Phi) is 23.7. The fourth-order valence-electron chi connectivity index (χ4n) is 1.93. The first-order valence-electron chi connectivity index (χ1n) is 7.84. The molecule has 1 aliphatic heterocycles. The smallest absolute Gasteiger partial charge is 0.411 e. The van der Waals surface area contributed by atoms with Crippen molar-refractivity contribution >= 4 is 58.3 Å². The van der Waals surface area contributed by atoms with E-state index in [1.807, 2.05) is 9.80 Å². The molecule has 12 heteroatoms. The van der Waals surface area contributed by atoms with Crippen LogP contribution in [-0.4, -0.2) is 97.5 Å². The predicted molar refractivity (Wildman–Crippen MR) is 106 cm³/mol. The van der Waals surface area contributed by atoms with Crippen molar-refractivity contribution in [2.75, 3.05) is 79.0 Å². The van der Waals surface area contributed by atoms with Gasteiger partial charge in [-0.2, -0.15) is 0 Å². The summed E-state index contributed by atoms with van der Waals surface area (Å²) in [5.74, 6) is 0. The van der Waals surface area contributed by atoms with E-state index in [2.05, 4.69) is 0 Å².